The summed E-state index contributed by atoms with van der Waals surface area (Å²) in [7, 11) is 0. The summed E-state index contributed by atoms with van der Waals surface area (Å²) in [5.74, 6) is -1.64. The summed E-state index contributed by atoms with van der Waals surface area (Å²) >= 11 is 0.926. The van der Waals surface area contributed by atoms with Crippen molar-refractivity contribution in [2.24, 2.45) is 0 Å². The Morgan fingerprint density at radius 2 is 1.77 bits per heavy atom. The summed E-state index contributed by atoms with van der Waals surface area (Å²) in [5.41, 5.74) is 0.0197. The number of esters is 2. The molecule has 0 bridgehead atoms. The van der Waals surface area contributed by atoms with E-state index in [1.54, 1.807) is 32.9 Å². The van der Waals surface area contributed by atoms with Gasteiger partial charge in [0.15, 0.2) is 5.75 Å². The van der Waals surface area contributed by atoms with E-state index in [-0.39, 0.29) is 40.9 Å². The summed E-state index contributed by atoms with van der Waals surface area (Å²) < 4.78 is 16.7. The van der Waals surface area contributed by atoms with Gasteiger partial charge in [-0.2, -0.15) is 0 Å². The smallest absolute Gasteiger partial charge is 0.348 e. The molecule has 1 N–H and O–H groups in total. The lowest BCUT2D eigenvalue weighted by Gasteiger charge is -2.10. The Morgan fingerprint density at radius 3 is 2.42 bits per heavy atom. The standard InChI is InChI=1S/C21H26N2O7S/c1-5-11-30-14-9-8-10-23(19(14)25)12-15(24)22-18-16(20(26)28-6-2)13(4)17(31-18)21(27)29-7-3/h8-10H,5-7,11-12H2,1-4H3,(H,22,24). The van der Waals surface area contributed by atoms with Crippen LogP contribution in [0.1, 0.15) is 52.8 Å². The molecular weight excluding hydrogens is 424 g/mol. The molecule has 0 saturated carbocycles. The molecule has 0 unspecified atom stereocenters. The van der Waals surface area contributed by atoms with Gasteiger partial charge in [-0.3, -0.25) is 9.59 Å². The van der Waals surface area contributed by atoms with E-state index in [0.29, 0.717) is 12.2 Å². The summed E-state index contributed by atoms with van der Waals surface area (Å²) in [6.45, 7) is 7.24. The summed E-state index contributed by atoms with van der Waals surface area (Å²) in [6.07, 6.45) is 2.21. The molecule has 2 heterocycles. The second-order valence-electron chi connectivity index (χ2n) is 6.40. The van der Waals surface area contributed by atoms with Crippen molar-refractivity contribution in [3.63, 3.8) is 0 Å². The highest BCUT2D eigenvalue weighted by Crippen LogP contribution is 2.34. The first-order chi connectivity index (χ1) is 14.8. The Labute approximate surface area is 183 Å². The van der Waals surface area contributed by atoms with Crippen molar-refractivity contribution in [3.05, 3.63) is 44.7 Å². The van der Waals surface area contributed by atoms with Crippen LogP contribution in [0.4, 0.5) is 5.00 Å². The fourth-order valence-corrected chi connectivity index (χ4v) is 3.83. The van der Waals surface area contributed by atoms with Crippen molar-refractivity contribution in [3.8, 4) is 5.75 Å². The van der Waals surface area contributed by atoms with Gasteiger partial charge in [0.1, 0.15) is 16.4 Å². The number of carbonyl (C=O) groups excluding carboxylic acids is 3. The van der Waals surface area contributed by atoms with Crippen LogP contribution in [0, 0.1) is 6.92 Å². The average Bonchev–Trinajstić information content (AvgIpc) is 3.04. The normalized spacial score (nSPS) is 10.5. The number of hydrogen-bond acceptors (Lipinski definition) is 8. The molecule has 2 aromatic rings. The minimum atomic E-state index is -0.658. The number of thiophene rings is 1. The Hall–Kier alpha value is -3.14. The van der Waals surface area contributed by atoms with Gasteiger partial charge in [-0.25, -0.2) is 9.59 Å². The molecule has 9 nitrogen and oxygen atoms in total. The van der Waals surface area contributed by atoms with Gasteiger partial charge in [0, 0.05) is 6.20 Å². The molecular formula is C21H26N2O7S. The van der Waals surface area contributed by atoms with Crippen molar-refractivity contribution in [2.45, 2.75) is 40.7 Å². The predicted octanol–water partition coefficient (Wildman–Crippen LogP) is 3.00. The van der Waals surface area contributed by atoms with Crippen LogP contribution in [0.5, 0.6) is 5.75 Å². The number of rotatable bonds is 10. The number of anilines is 1. The van der Waals surface area contributed by atoms with Gasteiger partial charge in [0.2, 0.25) is 5.91 Å². The van der Waals surface area contributed by atoms with Gasteiger partial charge in [0.25, 0.3) is 5.56 Å². The molecule has 31 heavy (non-hydrogen) atoms. The molecule has 0 radical (unpaired) electrons. The van der Waals surface area contributed by atoms with Crippen LogP contribution in [0.2, 0.25) is 0 Å². The lowest BCUT2D eigenvalue weighted by Crippen LogP contribution is -2.28. The van der Waals surface area contributed by atoms with Crippen LogP contribution in [0.3, 0.4) is 0 Å². The molecule has 0 aliphatic heterocycles. The molecule has 0 aliphatic rings. The SMILES string of the molecule is CCCOc1cccn(CC(=O)Nc2sc(C(=O)OCC)c(C)c2C(=O)OCC)c1=O. The zero-order valence-corrected chi connectivity index (χ0v) is 18.8. The maximum Gasteiger partial charge on any atom is 0.348 e. The van der Waals surface area contributed by atoms with E-state index in [9.17, 15) is 19.2 Å². The highest BCUT2D eigenvalue weighted by Gasteiger charge is 2.27. The third-order valence-electron chi connectivity index (χ3n) is 4.10. The second kappa shape index (κ2) is 11.3. The molecule has 0 spiro atoms. The fraction of sp³-hybridized carbons (Fsp3) is 0.429. The van der Waals surface area contributed by atoms with Crippen LogP contribution in [0.25, 0.3) is 0 Å². The van der Waals surface area contributed by atoms with Crippen molar-refractivity contribution in [1.82, 2.24) is 4.57 Å². The molecule has 2 aromatic heterocycles. The zero-order chi connectivity index (χ0) is 23.0. The van der Waals surface area contributed by atoms with Gasteiger partial charge in [-0.1, -0.05) is 6.92 Å². The van der Waals surface area contributed by atoms with Crippen molar-refractivity contribution < 1.29 is 28.6 Å². The van der Waals surface area contributed by atoms with Gasteiger partial charge < -0.3 is 24.1 Å². The average molecular weight is 451 g/mol. The second-order valence-corrected chi connectivity index (χ2v) is 7.42. The van der Waals surface area contributed by atoms with Crippen molar-refractivity contribution in [2.75, 3.05) is 25.1 Å². The monoisotopic (exact) mass is 450 g/mol. The largest absolute Gasteiger partial charge is 0.488 e. The van der Waals surface area contributed by atoms with E-state index in [1.165, 1.54) is 10.8 Å². The maximum atomic E-state index is 12.6. The lowest BCUT2D eigenvalue weighted by molar-refractivity contribution is -0.116. The molecule has 1 amide bonds. The highest BCUT2D eigenvalue weighted by atomic mass is 32.1. The molecule has 0 atom stereocenters. The van der Waals surface area contributed by atoms with Gasteiger partial charge in [-0.15, -0.1) is 11.3 Å². The molecule has 0 aliphatic carbocycles. The summed E-state index contributed by atoms with van der Waals surface area (Å²) in [5, 5.41) is 2.78. The van der Waals surface area contributed by atoms with Gasteiger partial charge in [0.05, 0.1) is 25.4 Å². The first-order valence-corrected chi connectivity index (χ1v) is 10.7. The Morgan fingerprint density at radius 1 is 1.10 bits per heavy atom. The minimum Gasteiger partial charge on any atom is -0.488 e. The zero-order valence-electron chi connectivity index (χ0n) is 18.0. The minimum absolute atomic E-state index is 0.0932. The number of aromatic nitrogens is 1. The third-order valence-corrected chi connectivity index (χ3v) is 5.29. The number of carbonyl (C=O) groups is 3. The Bertz CT molecular complexity index is 1010. The van der Waals surface area contributed by atoms with E-state index in [0.717, 1.165) is 17.8 Å². The van der Waals surface area contributed by atoms with E-state index in [1.807, 2.05) is 6.92 Å². The molecule has 0 aromatic carbocycles. The topological polar surface area (TPSA) is 113 Å². The molecule has 2 rings (SSSR count). The molecule has 168 valence electrons. The summed E-state index contributed by atoms with van der Waals surface area (Å²) in [4.78, 5) is 50.0. The number of nitrogens with one attached hydrogen (secondary N) is 1. The predicted molar refractivity (Wildman–Crippen MR) is 116 cm³/mol. The molecule has 0 fully saturated rings. The number of nitrogens with zero attached hydrogens (tertiary/aromatic N) is 1. The van der Waals surface area contributed by atoms with Crippen LogP contribution >= 0.6 is 11.3 Å². The van der Waals surface area contributed by atoms with E-state index >= 15 is 0 Å². The maximum absolute atomic E-state index is 12.6. The van der Waals surface area contributed by atoms with Crippen LogP contribution in [-0.2, 0) is 20.8 Å². The summed E-state index contributed by atoms with van der Waals surface area (Å²) in [6, 6.07) is 3.15. The highest BCUT2D eigenvalue weighted by molar-refractivity contribution is 7.18. The number of pyridine rings is 1. The van der Waals surface area contributed by atoms with Crippen LogP contribution in [0.15, 0.2) is 23.1 Å². The van der Waals surface area contributed by atoms with Crippen LogP contribution in [-0.4, -0.2) is 42.2 Å². The number of ether oxygens (including phenoxy) is 3. The van der Waals surface area contributed by atoms with Gasteiger partial charge >= 0.3 is 11.9 Å². The van der Waals surface area contributed by atoms with Crippen molar-refractivity contribution >= 4 is 34.2 Å². The Balaban J connectivity index is 2.30. The van der Waals surface area contributed by atoms with E-state index < -0.39 is 23.4 Å². The lowest BCUT2D eigenvalue weighted by atomic mass is 10.1. The third kappa shape index (κ3) is 5.94. The molecule has 10 heteroatoms. The van der Waals surface area contributed by atoms with E-state index in [2.05, 4.69) is 5.32 Å². The van der Waals surface area contributed by atoms with Crippen molar-refractivity contribution in [1.29, 1.82) is 0 Å². The number of hydrogen-bond donors (Lipinski definition) is 1. The Kier molecular flexibility index (Phi) is 8.80. The first-order valence-electron chi connectivity index (χ1n) is 9.93. The quantitative estimate of drug-likeness (QED) is 0.554. The molecule has 0 saturated heterocycles. The van der Waals surface area contributed by atoms with Crippen LogP contribution < -0.4 is 15.6 Å². The van der Waals surface area contributed by atoms with E-state index in [4.69, 9.17) is 14.2 Å². The van der Waals surface area contributed by atoms with Gasteiger partial charge in [-0.05, 0) is 44.9 Å². The first kappa shape index (κ1) is 24.1. The number of amides is 1. The fourth-order valence-electron chi connectivity index (χ4n) is 2.72.